The fourth-order valence-electron chi connectivity index (χ4n) is 3.15. The lowest BCUT2D eigenvalue weighted by molar-refractivity contribution is -0.112. The summed E-state index contributed by atoms with van der Waals surface area (Å²) < 4.78 is 6.31. The van der Waals surface area contributed by atoms with Gasteiger partial charge in [0, 0.05) is 28.1 Å². The van der Waals surface area contributed by atoms with Gasteiger partial charge in [-0.15, -0.1) is 0 Å². The lowest BCUT2D eigenvalue weighted by Crippen LogP contribution is -2.45. The average Bonchev–Trinajstić information content (AvgIpc) is 2.88. The molecule has 1 amide bonds. The van der Waals surface area contributed by atoms with E-state index in [0.717, 1.165) is 28.8 Å². The molecule has 0 spiro atoms. The standard InChI is InChI=1S/C19H17BrClN3O2/c20-13-4-5-17-16(10-13)18(22-15-3-1-2-14(21)11-15)19(25)24(17)12-23-6-8-26-9-7-23/h1-5,10-11H,6-9,12H2. The summed E-state index contributed by atoms with van der Waals surface area (Å²) in [5, 5.41) is 0.594. The summed E-state index contributed by atoms with van der Waals surface area (Å²) in [5.74, 6) is -0.0930. The molecule has 26 heavy (non-hydrogen) atoms. The van der Waals surface area contributed by atoms with Gasteiger partial charge in [-0.05, 0) is 36.4 Å². The second kappa shape index (κ2) is 7.48. The van der Waals surface area contributed by atoms with E-state index in [9.17, 15) is 4.79 Å². The third kappa shape index (κ3) is 3.55. The first-order chi connectivity index (χ1) is 12.6. The van der Waals surface area contributed by atoms with Crippen molar-refractivity contribution >= 4 is 50.5 Å². The molecule has 2 heterocycles. The van der Waals surface area contributed by atoms with E-state index in [1.54, 1.807) is 17.0 Å². The molecule has 0 saturated carbocycles. The summed E-state index contributed by atoms with van der Waals surface area (Å²) in [4.78, 5) is 21.7. The molecule has 1 fully saturated rings. The van der Waals surface area contributed by atoms with Crippen molar-refractivity contribution in [3.8, 4) is 0 Å². The van der Waals surface area contributed by atoms with E-state index in [1.807, 2.05) is 30.3 Å². The highest BCUT2D eigenvalue weighted by Crippen LogP contribution is 2.33. The van der Waals surface area contributed by atoms with Gasteiger partial charge in [-0.3, -0.25) is 14.6 Å². The SMILES string of the molecule is O=C1C(=Nc2cccc(Cl)c2)c2cc(Br)ccc2N1CN1CCOCC1. The Bertz CT molecular complexity index is 881. The highest BCUT2D eigenvalue weighted by molar-refractivity contribution is 9.10. The number of carbonyl (C=O) groups excluding carboxylic acids is 1. The molecule has 1 saturated heterocycles. The van der Waals surface area contributed by atoms with E-state index in [-0.39, 0.29) is 5.91 Å². The summed E-state index contributed by atoms with van der Waals surface area (Å²) in [6.07, 6.45) is 0. The fourth-order valence-corrected chi connectivity index (χ4v) is 3.70. The molecule has 0 aliphatic carbocycles. The van der Waals surface area contributed by atoms with Gasteiger partial charge >= 0.3 is 0 Å². The Balaban J connectivity index is 1.71. The number of fused-ring (bicyclic) bond motifs is 1. The molecule has 4 rings (SSSR count). The number of nitrogens with zero attached hydrogens (tertiary/aromatic N) is 3. The smallest absolute Gasteiger partial charge is 0.278 e. The van der Waals surface area contributed by atoms with Crippen LogP contribution in [0.3, 0.4) is 0 Å². The Kier molecular flexibility index (Phi) is 5.09. The van der Waals surface area contributed by atoms with Crippen LogP contribution in [0.15, 0.2) is 51.9 Å². The predicted molar refractivity (Wildman–Crippen MR) is 107 cm³/mol. The number of morpholine rings is 1. The first-order valence-corrected chi connectivity index (χ1v) is 9.55. The minimum absolute atomic E-state index is 0.0930. The van der Waals surface area contributed by atoms with Crippen LogP contribution < -0.4 is 4.90 Å². The van der Waals surface area contributed by atoms with Gasteiger partial charge in [0.25, 0.3) is 5.91 Å². The van der Waals surface area contributed by atoms with Crippen LogP contribution in [0.4, 0.5) is 11.4 Å². The van der Waals surface area contributed by atoms with E-state index in [0.29, 0.717) is 36.3 Å². The molecule has 0 bridgehead atoms. The molecular formula is C19H17BrClN3O2. The van der Waals surface area contributed by atoms with E-state index >= 15 is 0 Å². The van der Waals surface area contributed by atoms with E-state index in [1.165, 1.54) is 0 Å². The third-order valence-corrected chi connectivity index (χ3v) is 5.17. The van der Waals surface area contributed by atoms with Crippen LogP contribution in [-0.2, 0) is 9.53 Å². The minimum Gasteiger partial charge on any atom is -0.379 e. The molecule has 2 aromatic rings. The molecule has 7 heteroatoms. The summed E-state index contributed by atoms with van der Waals surface area (Å²) in [6, 6.07) is 13.1. The van der Waals surface area contributed by atoms with Gasteiger partial charge in [0.15, 0.2) is 0 Å². The Hall–Kier alpha value is -1.73. The predicted octanol–water partition coefficient (Wildman–Crippen LogP) is 3.86. The van der Waals surface area contributed by atoms with Crippen LogP contribution in [0.1, 0.15) is 5.56 Å². The second-order valence-electron chi connectivity index (χ2n) is 6.21. The van der Waals surface area contributed by atoms with Gasteiger partial charge in [-0.25, -0.2) is 4.99 Å². The lowest BCUT2D eigenvalue weighted by Gasteiger charge is -2.30. The van der Waals surface area contributed by atoms with Gasteiger partial charge < -0.3 is 4.74 Å². The minimum atomic E-state index is -0.0930. The van der Waals surface area contributed by atoms with Crippen molar-refractivity contribution in [1.82, 2.24) is 4.90 Å². The van der Waals surface area contributed by atoms with Crippen LogP contribution in [0.2, 0.25) is 5.02 Å². The van der Waals surface area contributed by atoms with Crippen molar-refractivity contribution in [2.45, 2.75) is 0 Å². The van der Waals surface area contributed by atoms with E-state index < -0.39 is 0 Å². The molecule has 2 aliphatic rings. The largest absolute Gasteiger partial charge is 0.379 e. The quantitative estimate of drug-likeness (QED) is 0.737. The number of hydrogen-bond donors (Lipinski definition) is 0. The van der Waals surface area contributed by atoms with Gasteiger partial charge in [-0.2, -0.15) is 0 Å². The first-order valence-electron chi connectivity index (χ1n) is 8.38. The van der Waals surface area contributed by atoms with Gasteiger partial charge in [0.1, 0.15) is 5.71 Å². The van der Waals surface area contributed by atoms with Gasteiger partial charge in [-0.1, -0.05) is 33.6 Å². The number of anilines is 1. The van der Waals surface area contributed by atoms with E-state index in [2.05, 4.69) is 25.8 Å². The molecule has 2 aromatic carbocycles. The summed E-state index contributed by atoms with van der Waals surface area (Å²) >= 11 is 9.55. The van der Waals surface area contributed by atoms with Crippen LogP contribution in [0.5, 0.6) is 0 Å². The van der Waals surface area contributed by atoms with Crippen LogP contribution in [0.25, 0.3) is 0 Å². The molecule has 5 nitrogen and oxygen atoms in total. The zero-order valence-corrected chi connectivity index (χ0v) is 16.3. The first kappa shape index (κ1) is 17.7. The number of benzene rings is 2. The lowest BCUT2D eigenvalue weighted by atomic mass is 10.1. The number of aliphatic imine (C=N–C) groups is 1. The van der Waals surface area contributed by atoms with Crippen molar-refractivity contribution in [3.63, 3.8) is 0 Å². The summed E-state index contributed by atoms with van der Waals surface area (Å²) in [7, 11) is 0. The topological polar surface area (TPSA) is 45.1 Å². The number of halogens is 2. The number of ether oxygens (including phenoxy) is 1. The maximum Gasteiger partial charge on any atom is 0.278 e. The second-order valence-corrected chi connectivity index (χ2v) is 7.56. The maximum atomic E-state index is 13.1. The Labute approximate surface area is 165 Å². The Morgan fingerprint density at radius 3 is 2.73 bits per heavy atom. The highest BCUT2D eigenvalue weighted by Gasteiger charge is 2.35. The van der Waals surface area contributed by atoms with Crippen LogP contribution in [0, 0.1) is 0 Å². The highest BCUT2D eigenvalue weighted by atomic mass is 79.9. The molecule has 0 aromatic heterocycles. The van der Waals surface area contributed by atoms with Gasteiger partial charge in [0.05, 0.1) is 31.3 Å². The van der Waals surface area contributed by atoms with Crippen molar-refractivity contribution in [2.24, 2.45) is 4.99 Å². The molecular weight excluding hydrogens is 418 g/mol. The van der Waals surface area contributed by atoms with Crippen LogP contribution in [-0.4, -0.2) is 49.5 Å². The van der Waals surface area contributed by atoms with E-state index in [4.69, 9.17) is 16.3 Å². The summed E-state index contributed by atoms with van der Waals surface area (Å²) in [6.45, 7) is 3.55. The molecule has 2 aliphatic heterocycles. The summed E-state index contributed by atoms with van der Waals surface area (Å²) in [5.41, 5.74) is 2.82. The monoisotopic (exact) mass is 433 g/mol. The molecule has 0 radical (unpaired) electrons. The Morgan fingerprint density at radius 1 is 1.15 bits per heavy atom. The molecule has 0 atom stereocenters. The molecule has 0 unspecified atom stereocenters. The number of amides is 1. The van der Waals surface area contributed by atoms with Crippen LogP contribution >= 0.6 is 27.5 Å². The van der Waals surface area contributed by atoms with Crippen molar-refractivity contribution in [2.75, 3.05) is 37.9 Å². The zero-order valence-electron chi connectivity index (χ0n) is 14.0. The fraction of sp³-hybridized carbons (Fsp3) is 0.263. The van der Waals surface area contributed by atoms with Crippen molar-refractivity contribution in [3.05, 3.63) is 57.5 Å². The number of rotatable bonds is 3. The average molecular weight is 435 g/mol. The number of hydrogen-bond acceptors (Lipinski definition) is 4. The van der Waals surface area contributed by atoms with Gasteiger partial charge in [0.2, 0.25) is 0 Å². The molecule has 0 N–H and O–H groups in total. The third-order valence-electron chi connectivity index (χ3n) is 4.45. The molecule has 134 valence electrons. The maximum absolute atomic E-state index is 13.1. The zero-order chi connectivity index (χ0) is 18.1. The Morgan fingerprint density at radius 2 is 1.96 bits per heavy atom. The van der Waals surface area contributed by atoms with Crippen molar-refractivity contribution < 1.29 is 9.53 Å². The van der Waals surface area contributed by atoms with Crippen molar-refractivity contribution in [1.29, 1.82) is 0 Å². The normalized spacial score (nSPS) is 19.2. The number of carbonyl (C=O) groups is 1.